The van der Waals surface area contributed by atoms with Gasteiger partial charge in [0.25, 0.3) is 0 Å². The molecule has 0 bridgehead atoms. The predicted octanol–water partition coefficient (Wildman–Crippen LogP) is 4.57. The van der Waals surface area contributed by atoms with Gasteiger partial charge in [-0.05, 0) is 43.2 Å². The Morgan fingerprint density at radius 2 is 1.87 bits per heavy atom. The van der Waals surface area contributed by atoms with Crippen molar-refractivity contribution in [1.29, 1.82) is 0 Å². The molecule has 0 spiro atoms. The zero-order chi connectivity index (χ0) is 16.3. The van der Waals surface area contributed by atoms with Crippen LogP contribution in [0.15, 0.2) is 41.8 Å². The second-order valence-electron chi connectivity index (χ2n) is 6.71. The van der Waals surface area contributed by atoms with E-state index >= 15 is 0 Å². The molecule has 0 atom stereocenters. The van der Waals surface area contributed by atoms with Crippen LogP contribution in [0.3, 0.4) is 0 Å². The first kappa shape index (κ1) is 16.3. The van der Waals surface area contributed by atoms with E-state index in [2.05, 4.69) is 48.7 Å². The highest BCUT2D eigenvalue weighted by molar-refractivity contribution is 7.09. The third kappa shape index (κ3) is 3.35. The third-order valence-electron chi connectivity index (χ3n) is 5.09. The van der Waals surface area contributed by atoms with Gasteiger partial charge in [-0.15, -0.1) is 11.3 Å². The molecule has 1 aromatic carbocycles. The highest BCUT2D eigenvalue weighted by atomic mass is 32.1. The summed E-state index contributed by atoms with van der Waals surface area (Å²) in [5.41, 5.74) is 2.16. The van der Waals surface area contributed by atoms with Crippen molar-refractivity contribution in [2.24, 2.45) is 0 Å². The van der Waals surface area contributed by atoms with E-state index in [0.717, 1.165) is 38.6 Å². The molecule has 3 heteroatoms. The fourth-order valence-corrected chi connectivity index (χ4v) is 4.37. The van der Waals surface area contributed by atoms with Gasteiger partial charge in [0.2, 0.25) is 5.91 Å². The van der Waals surface area contributed by atoms with Crippen molar-refractivity contribution in [3.8, 4) is 0 Å². The van der Waals surface area contributed by atoms with Crippen molar-refractivity contribution in [3.63, 3.8) is 0 Å². The second kappa shape index (κ2) is 6.88. The molecule has 1 saturated carbocycles. The van der Waals surface area contributed by atoms with Crippen LogP contribution < -0.4 is 0 Å². The molecule has 1 aliphatic rings. The summed E-state index contributed by atoms with van der Waals surface area (Å²) in [7, 11) is 1.96. The summed E-state index contributed by atoms with van der Waals surface area (Å²) in [6.45, 7) is 2.90. The normalized spacial score (nSPS) is 16.4. The Morgan fingerprint density at radius 1 is 1.17 bits per heavy atom. The molecule has 0 unspecified atom stereocenters. The number of nitrogens with zero attached hydrogens (tertiary/aromatic N) is 1. The number of benzene rings is 1. The number of likely N-dealkylation sites (N-methyl/N-ethyl adjacent to an activating group) is 1. The first-order chi connectivity index (χ1) is 11.1. The van der Waals surface area contributed by atoms with E-state index in [1.165, 1.54) is 16.0 Å². The number of aryl methyl sites for hydroxylation is 1. The van der Waals surface area contributed by atoms with Gasteiger partial charge in [-0.3, -0.25) is 4.79 Å². The number of amides is 1. The van der Waals surface area contributed by atoms with Crippen molar-refractivity contribution < 1.29 is 4.79 Å². The van der Waals surface area contributed by atoms with Crippen LogP contribution in [0.25, 0.3) is 0 Å². The van der Waals surface area contributed by atoms with Crippen LogP contribution in [0.4, 0.5) is 0 Å². The van der Waals surface area contributed by atoms with E-state index in [1.807, 2.05) is 11.9 Å². The Labute approximate surface area is 143 Å². The Hall–Kier alpha value is -1.61. The van der Waals surface area contributed by atoms with Gasteiger partial charge in [0.05, 0.1) is 5.41 Å². The van der Waals surface area contributed by atoms with Gasteiger partial charge in [0.15, 0.2) is 0 Å². The third-order valence-corrected chi connectivity index (χ3v) is 6.03. The first-order valence-electron chi connectivity index (χ1n) is 8.47. The molecule has 0 saturated heterocycles. The average Bonchev–Trinajstić information content (AvgIpc) is 3.24. The minimum Gasteiger partial charge on any atom is -0.345 e. The lowest BCUT2D eigenvalue weighted by Gasteiger charge is -2.33. The number of carbonyl (C=O) groups is 1. The molecule has 1 aliphatic carbocycles. The number of thiophene rings is 1. The van der Waals surface area contributed by atoms with Crippen molar-refractivity contribution in [3.05, 3.63) is 57.8 Å². The van der Waals surface area contributed by atoms with Crippen LogP contribution >= 0.6 is 11.3 Å². The largest absolute Gasteiger partial charge is 0.345 e. The Kier molecular flexibility index (Phi) is 4.86. The number of rotatable bonds is 5. The second-order valence-corrected chi connectivity index (χ2v) is 7.74. The SMILES string of the molecule is Cc1ccc(C2(C(=O)N(C)CCc3cccs3)CCCC2)cc1. The summed E-state index contributed by atoms with van der Waals surface area (Å²) in [5, 5.41) is 2.10. The fourth-order valence-electron chi connectivity index (χ4n) is 3.68. The van der Waals surface area contributed by atoms with E-state index in [1.54, 1.807) is 11.3 Å². The van der Waals surface area contributed by atoms with Gasteiger partial charge in [0, 0.05) is 18.5 Å². The van der Waals surface area contributed by atoms with Gasteiger partial charge >= 0.3 is 0 Å². The van der Waals surface area contributed by atoms with Crippen molar-refractivity contribution in [2.45, 2.75) is 44.4 Å². The van der Waals surface area contributed by atoms with Gasteiger partial charge < -0.3 is 4.90 Å². The maximum Gasteiger partial charge on any atom is 0.232 e. The van der Waals surface area contributed by atoms with E-state index in [9.17, 15) is 4.79 Å². The number of hydrogen-bond acceptors (Lipinski definition) is 2. The fraction of sp³-hybridized carbons (Fsp3) is 0.450. The Bertz CT molecular complexity index is 639. The minimum atomic E-state index is -0.294. The van der Waals surface area contributed by atoms with Crippen LogP contribution in [0.1, 0.15) is 41.7 Å². The summed E-state index contributed by atoms with van der Waals surface area (Å²) in [6.07, 6.45) is 5.22. The van der Waals surface area contributed by atoms with Crippen LogP contribution in [-0.4, -0.2) is 24.4 Å². The molecule has 1 aromatic heterocycles. The molecular weight excluding hydrogens is 302 g/mol. The summed E-state index contributed by atoms with van der Waals surface area (Å²) in [4.78, 5) is 16.5. The van der Waals surface area contributed by atoms with E-state index in [4.69, 9.17) is 0 Å². The maximum absolute atomic E-state index is 13.2. The zero-order valence-corrected chi connectivity index (χ0v) is 14.9. The summed E-state index contributed by atoms with van der Waals surface area (Å²) < 4.78 is 0. The van der Waals surface area contributed by atoms with Crippen LogP contribution in [-0.2, 0) is 16.6 Å². The highest BCUT2D eigenvalue weighted by Crippen LogP contribution is 2.42. The summed E-state index contributed by atoms with van der Waals surface area (Å²) in [5.74, 6) is 0.301. The van der Waals surface area contributed by atoms with Crippen LogP contribution in [0.2, 0.25) is 0 Å². The lowest BCUT2D eigenvalue weighted by Crippen LogP contribution is -2.44. The highest BCUT2D eigenvalue weighted by Gasteiger charge is 2.43. The first-order valence-corrected chi connectivity index (χ1v) is 9.35. The molecule has 3 rings (SSSR count). The lowest BCUT2D eigenvalue weighted by molar-refractivity contribution is -0.136. The van der Waals surface area contributed by atoms with E-state index < -0.39 is 0 Å². The standard InChI is InChI=1S/C20H25NOS/c1-16-7-9-17(10-8-16)20(12-3-4-13-20)19(22)21(2)14-11-18-6-5-15-23-18/h5-10,15H,3-4,11-14H2,1-2H3. The number of carbonyl (C=O) groups excluding carboxylic acids is 1. The predicted molar refractivity (Wildman–Crippen MR) is 97.0 cm³/mol. The molecule has 0 radical (unpaired) electrons. The van der Waals surface area contributed by atoms with Crippen molar-refractivity contribution >= 4 is 17.2 Å². The monoisotopic (exact) mass is 327 g/mol. The average molecular weight is 327 g/mol. The van der Waals surface area contributed by atoms with Gasteiger partial charge in [-0.1, -0.05) is 48.7 Å². The van der Waals surface area contributed by atoms with Gasteiger partial charge in [-0.25, -0.2) is 0 Å². The maximum atomic E-state index is 13.2. The number of hydrogen-bond donors (Lipinski definition) is 0. The molecule has 0 N–H and O–H groups in total. The Balaban J connectivity index is 1.77. The van der Waals surface area contributed by atoms with Crippen molar-refractivity contribution in [1.82, 2.24) is 4.90 Å². The zero-order valence-electron chi connectivity index (χ0n) is 14.0. The topological polar surface area (TPSA) is 20.3 Å². The minimum absolute atomic E-state index is 0.294. The van der Waals surface area contributed by atoms with E-state index in [0.29, 0.717) is 5.91 Å². The molecule has 0 aliphatic heterocycles. The van der Waals surface area contributed by atoms with Crippen LogP contribution in [0.5, 0.6) is 0 Å². The lowest BCUT2D eigenvalue weighted by atomic mass is 9.77. The van der Waals surface area contributed by atoms with E-state index in [-0.39, 0.29) is 5.41 Å². The summed E-state index contributed by atoms with van der Waals surface area (Å²) in [6, 6.07) is 12.8. The molecule has 23 heavy (non-hydrogen) atoms. The molecule has 2 nitrogen and oxygen atoms in total. The molecule has 1 heterocycles. The molecule has 2 aromatic rings. The Morgan fingerprint density at radius 3 is 2.48 bits per heavy atom. The summed E-state index contributed by atoms with van der Waals surface area (Å²) >= 11 is 1.77. The molecule has 122 valence electrons. The van der Waals surface area contributed by atoms with Gasteiger partial charge in [0.1, 0.15) is 0 Å². The molecule has 1 amide bonds. The molecular formula is C20H25NOS. The van der Waals surface area contributed by atoms with Crippen molar-refractivity contribution in [2.75, 3.05) is 13.6 Å². The molecule has 1 fully saturated rings. The van der Waals surface area contributed by atoms with Gasteiger partial charge in [-0.2, -0.15) is 0 Å². The quantitative estimate of drug-likeness (QED) is 0.788. The smallest absolute Gasteiger partial charge is 0.232 e. The van der Waals surface area contributed by atoms with Crippen LogP contribution in [0, 0.1) is 6.92 Å².